The number of aliphatic hydroxyl groups is 1. The summed E-state index contributed by atoms with van der Waals surface area (Å²) in [5.74, 6) is -2.08. The first-order valence-electron chi connectivity index (χ1n) is 6.38. The van der Waals surface area contributed by atoms with Gasteiger partial charge in [-0.2, -0.15) is 13.2 Å². The molecule has 1 aromatic rings. The van der Waals surface area contributed by atoms with Crippen LogP contribution in [0.5, 0.6) is 5.75 Å². The Balaban J connectivity index is 2.35. The van der Waals surface area contributed by atoms with E-state index in [0.29, 0.717) is 6.07 Å². The lowest BCUT2D eigenvalue weighted by Gasteiger charge is -2.28. The molecule has 0 aliphatic heterocycles. The van der Waals surface area contributed by atoms with Crippen molar-refractivity contribution in [1.29, 1.82) is 0 Å². The van der Waals surface area contributed by atoms with Crippen LogP contribution in [0.15, 0.2) is 47.5 Å². The molecule has 2 nitrogen and oxygen atoms in total. The molecule has 1 aromatic carbocycles. The SMILES string of the molecule is CC1(F)CC(CO)=CC(F)=C1Oc1cccc(C(F)(F)F)c1. The number of alkyl halides is 4. The highest BCUT2D eigenvalue weighted by atomic mass is 19.4. The van der Waals surface area contributed by atoms with E-state index in [2.05, 4.69) is 0 Å². The molecule has 0 aromatic heterocycles. The monoisotopic (exact) mass is 320 g/mol. The summed E-state index contributed by atoms with van der Waals surface area (Å²) in [6.45, 7) is 0.530. The van der Waals surface area contributed by atoms with Crippen molar-refractivity contribution >= 4 is 0 Å². The topological polar surface area (TPSA) is 29.5 Å². The van der Waals surface area contributed by atoms with Crippen LogP contribution < -0.4 is 4.74 Å². The summed E-state index contributed by atoms with van der Waals surface area (Å²) in [5, 5.41) is 8.95. The molecule has 120 valence electrons. The molecule has 0 bridgehead atoms. The summed E-state index contributed by atoms with van der Waals surface area (Å²) in [7, 11) is 0. The number of allylic oxidation sites excluding steroid dienone is 3. The molecule has 22 heavy (non-hydrogen) atoms. The van der Waals surface area contributed by atoms with Gasteiger partial charge in [0.25, 0.3) is 0 Å². The maximum absolute atomic E-state index is 14.4. The van der Waals surface area contributed by atoms with Crippen molar-refractivity contribution in [2.75, 3.05) is 6.61 Å². The zero-order chi connectivity index (χ0) is 16.5. The summed E-state index contributed by atoms with van der Waals surface area (Å²) in [5.41, 5.74) is -3.10. The van der Waals surface area contributed by atoms with E-state index in [9.17, 15) is 22.0 Å². The molecule has 0 heterocycles. The Bertz CT molecular complexity index is 629. The Morgan fingerprint density at radius 2 is 2.00 bits per heavy atom. The average molecular weight is 320 g/mol. The van der Waals surface area contributed by atoms with Gasteiger partial charge in [0.1, 0.15) is 5.75 Å². The van der Waals surface area contributed by atoms with Crippen LogP contribution in [-0.2, 0) is 6.18 Å². The lowest BCUT2D eigenvalue weighted by atomic mass is 9.91. The van der Waals surface area contributed by atoms with Crippen LogP contribution in [-0.4, -0.2) is 17.4 Å². The second-order valence-corrected chi connectivity index (χ2v) is 5.14. The Morgan fingerprint density at radius 3 is 2.55 bits per heavy atom. The van der Waals surface area contributed by atoms with Crippen molar-refractivity contribution in [2.24, 2.45) is 0 Å². The number of rotatable bonds is 3. The third kappa shape index (κ3) is 3.47. The molecular weight excluding hydrogens is 307 g/mol. The normalized spacial score (nSPS) is 22.6. The molecule has 2 rings (SSSR count). The van der Waals surface area contributed by atoms with Gasteiger partial charge in [-0.15, -0.1) is 0 Å². The van der Waals surface area contributed by atoms with E-state index in [1.54, 1.807) is 0 Å². The molecule has 0 radical (unpaired) electrons. The van der Waals surface area contributed by atoms with Crippen LogP contribution in [0.2, 0.25) is 0 Å². The van der Waals surface area contributed by atoms with Gasteiger partial charge in [0.05, 0.1) is 12.2 Å². The van der Waals surface area contributed by atoms with Crippen molar-refractivity contribution < 1.29 is 31.8 Å². The molecule has 0 saturated carbocycles. The first kappa shape index (κ1) is 16.5. The van der Waals surface area contributed by atoms with Crippen molar-refractivity contribution in [3.63, 3.8) is 0 Å². The van der Waals surface area contributed by atoms with Gasteiger partial charge in [0.15, 0.2) is 17.3 Å². The van der Waals surface area contributed by atoms with Gasteiger partial charge in [-0.3, -0.25) is 0 Å². The first-order chi connectivity index (χ1) is 10.1. The number of ether oxygens (including phenoxy) is 1. The zero-order valence-electron chi connectivity index (χ0n) is 11.5. The second-order valence-electron chi connectivity index (χ2n) is 5.14. The summed E-state index contributed by atoms with van der Waals surface area (Å²) in [4.78, 5) is 0. The molecule has 1 atom stereocenters. The molecule has 0 fully saturated rings. The van der Waals surface area contributed by atoms with Crippen molar-refractivity contribution in [3.05, 3.63) is 53.1 Å². The van der Waals surface area contributed by atoms with Gasteiger partial charge < -0.3 is 9.84 Å². The number of halogens is 5. The summed E-state index contributed by atoms with van der Waals surface area (Å²) >= 11 is 0. The molecule has 0 spiro atoms. The van der Waals surface area contributed by atoms with Crippen LogP contribution in [0, 0.1) is 0 Å². The van der Waals surface area contributed by atoms with Crippen molar-refractivity contribution in [2.45, 2.75) is 25.2 Å². The fourth-order valence-corrected chi connectivity index (χ4v) is 2.16. The molecule has 1 unspecified atom stereocenters. The van der Waals surface area contributed by atoms with Crippen LogP contribution in [0.4, 0.5) is 22.0 Å². The predicted molar refractivity (Wildman–Crippen MR) is 69.5 cm³/mol. The quantitative estimate of drug-likeness (QED) is 0.841. The highest BCUT2D eigenvalue weighted by molar-refractivity contribution is 5.38. The standard InChI is InChI=1S/C15H13F5O2/c1-14(17)7-9(8-21)5-12(16)13(14)22-11-4-2-3-10(6-11)15(18,19)20/h2-6,21H,7-8H2,1H3. The highest BCUT2D eigenvalue weighted by Crippen LogP contribution is 2.39. The summed E-state index contributed by atoms with van der Waals surface area (Å²) in [6.07, 6.45) is -3.96. The maximum atomic E-state index is 14.4. The second kappa shape index (κ2) is 5.72. The van der Waals surface area contributed by atoms with E-state index in [4.69, 9.17) is 9.84 Å². The summed E-state index contributed by atoms with van der Waals surface area (Å²) < 4.78 is 71.2. The van der Waals surface area contributed by atoms with Gasteiger partial charge in [0, 0.05) is 6.42 Å². The van der Waals surface area contributed by atoms with Gasteiger partial charge >= 0.3 is 6.18 Å². The first-order valence-corrected chi connectivity index (χ1v) is 6.38. The lowest BCUT2D eigenvalue weighted by Crippen LogP contribution is -2.30. The average Bonchev–Trinajstić information content (AvgIpc) is 2.41. The molecule has 1 N–H and O–H groups in total. The van der Waals surface area contributed by atoms with Crippen LogP contribution in [0.1, 0.15) is 18.9 Å². The van der Waals surface area contributed by atoms with Gasteiger partial charge in [-0.05, 0) is 36.8 Å². The minimum atomic E-state index is -4.58. The van der Waals surface area contributed by atoms with E-state index in [0.717, 1.165) is 25.1 Å². The lowest BCUT2D eigenvalue weighted by molar-refractivity contribution is -0.137. The predicted octanol–water partition coefficient (Wildman–Crippen LogP) is 4.32. The van der Waals surface area contributed by atoms with Crippen LogP contribution >= 0.6 is 0 Å². The molecule has 1 aliphatic rings. The molecule has 1 aliphatic carbocycles. The maximum Gasteiger partial charge on any atom is 0.416 e. The number of hydrogen-bond donors (Lipinski definition) is 1. The van der Waals surface area contributed by atoms with Crippen molar-refractivity contribution in [3.8, 4) is 5.75 Å². The van der Waals surface area contributed by atoms with Crippen molar-refractivity contribution in [1.82, 2.24) is 0 Å². The Hall–Kier alpha value is -1.89. The third-order valence-electron chi connectivity index (χ3n) is 3.16. The smallest absolute Gasteiger partial charge is 0.416 e. The van der Waals surface area contributed by atoms with E-state index in [-0.39, 0.29) is 17.7 Å². The molecular formula is C15H13F5O2. The van der Waals surface area contributed by atoms with Crippen LogP contribution in [0.3, 0.4) is 0 Å². The minimum absolute atomic E-state index is 0.138. The van der Waals surface area contributed by atoms with E-state index in [1.165, 1.54) is 6.07 Å². The number of benzene rings is 1. The Kier molecular flexibility index (Phi) is 4.28. The molecule has 7 heteroatoms. The zero-order valence-corrected chi connectivity index (χ0v) is 11.5. The fourth-order valence-electron chi connectivity index (χ4n) is 2.16. The van der Waals surface area contributed by atoms with Crippen LogP contribution in [0.25, 0.3) is 0 Å². The summed E-state index contributed by atoms with van der Waals surface area (Å²) in [6, 6.07) is 3.76. The largest absolute Gasteiger partial charge is 0.455 e. The van der Waals surface area contributed by atoms with Gasteiger partial charge in [0.2, 0.25) is 0 Å². The van der Waals surface area contributed by atoms with E-state index in [1.807, 2.05) is 0 Å². The number of hydrogen-bond acceptors (Lipinski definition) is 2. The highest BCUT2D eigenvalue weighted by Gasteiger charge is 2.38. The van der Waals surface area contributed by atoms with E-state index < -0.39 is 35.6 Å². The van der Waals surface area contributed by atoms with E-state index >= 15 is 0 Å². The fraction of sp³-hybridized carbons (Fsp3) is 0.333. The molecule has 0 saturated heterocycles. The molecule has 0 amide bonds. The number of aliphatic hydroxyl groups excluding tert-OH is 1. The van der Waals surface area contributed by atoms with Gasteiger partial charge in [-0.1, -0.05) is 6.07 Å². The van der Waals surface area contributed by atoms with Gasteiger partial charge in [-0.25, -0.2) is 8.78 Å². The minimum Gasteiger partial charge on any atom is -0.455 e. The third-order valence-corrected chi connectivity index (χ3v) is 3.16. The Morgan fingerprint density at radius 1 is 1.32 bits per heavy atom. The Labute approximate surface area is 123 Å².